The molecule has 1 aliphatic carbocycles. The lowest BCUT2D eigenvalue weighted by molar-refractivity contribution is 0.0458. The molecule has 1 saturated carbocycles. The van der Waals surface area contributed by atoms with Gasteiger partial charge in [0.1, 0.15) is 5.82 Å². The summed E-state index contributed by atoms with van der Waals surface area (Å²) in [6.45, 7) is 1.98. The Balaban J connectivity index is 1.74. The Labute approximate surface area is 109 Å². The van der Waals surface area contributed by atoms with E-state index in [0.29, 0.717) is 12.0 Å². The number of amides is 1. The molecule has 2 atom stereocenters. The maximum absolute atomic E-state index is 13.6. The van der Waals surface area contributed by atoms with Crippen molar-refractivity contribution in [3.05, 3.63) is 35.1 Å². The van der Waals surface area contributed by atoms with Gasteiger partial charge in [-0.05, 0) is 24.1 Å². The molecule has 2 aliphatic rings. The van der Waals surface area contributed by atoms with Crippen molar-refractivity contribution >= 4 is 5.91 Å². The van der Waals surface area contributed by atoms with Crippen LogP contribution in [0, 0.1) is 17.7 Å². The molecule has 0 aromatic heterocycles. The Hall–Kier alpha value is -1.52. The van der Waals surface area contributed by atoms with E-state index in [9.17, 15) is 18.0 Å². The van der Waals surface area contributed by atoms with Crippen molar-refractivity contribution in [1.29, 1.82) is 0 Å². The molecule has 2 unspecified atom stereocenters. The minimum Gasteiger partial charge on any atom is -0.338 e. The fourth-order valence-electron chi connectivity index (χ4n) is 2.82. The topological polar surface area (TPSA) is 20.3 Å². The van der Waals surface area contributed by atoms with Crippen LogP contribution in [0.25, 0.3) is 0 Å². The number of hydrogen-bond acceptors (Lipinski definition) is 1. The van der Waals surface area contributed by atoms with Gasteiger partial charge in [0, 0.05) is 18.7 Å². The standard InChI is InChI=1S/C14H14F3NO/c1-2-8-3-4-9(5-12(8)15)13(19)18-6-10-11(7-18)14(10,16)17/h3-5,10-11H,2,6-7H2,1H3. The van der Waals surface area contributed by atoms with Crippen LogP contribution in [-0.2, 0) is 6.42 Å². The number of carbonyl (C=O) groups excluding carboxylic acids is 1. The maximum Gasteiger partial charge on any atom is 0.258 e. The van der Waals surface area contributed by atoms with Crippen LogP contribution in [0.5, 0.6) is 0 Å². The summed E-state index contributed by atoms with van der Waals surface area (Å²) in [7, 11) is 0. The number of likely N-dealkylation sites (tertiary alicyclic amines) is 1. The highest BCUT2D eigenvalue weighted by Crippen LogP contribution is 2.59. The van der Waals surface area contributed by atoms with Gasteiger partial charge >= 0.3 is 0 Å². The van der Waals surface area contributed by atoms with Crippen molar-refractivity contribution < 1.29 is 18.0 Å². The lowest BCUT2D eigenvalue weighted by atomic mass is 10.1. The Bertz CT molecular complexity index is 529. The fraction of sp³-hybridized carbons (Fsp3) is 0.500. The third kappa shape index (κ3) is 1.83. The van der Waals surface area contributed by atoms with Crippen LogP contribution in [-0.4, -0.2) is 29.8 Å². The third-order valence-corrected chi connectivity index (χ3v) is 4.17. The van der Waals surface area contributed by atoms with Gasteiger partial charge in [0.2, 0.25) is 0 Å². The molecule has 1 aromatic rings. The van der Waals surface area contributed by atoms with Gasteiger partial charge in [0.05, 0.1) is 11.8 Å². The van der Waals surface area contributed by atoms with Gasteiger partial charge in [0.15, 0.2) is 0 Å². The number of nitrogens with zero attached hydrogens (tertiary/aromatic N) is 1. The van der Waals surface area contributed by atoms with Crippen molar-refractivity contribution in [1.82, 2.24) is 4.90 Å². The van der Waals surface area contributed by atoms with Crippen LogP contribution in [0.2, 0.25) is 0 Å². The average molecular weight is 269 g/mol. The van der Waals surface area contributed by atoms with E-state index in [4.69, 9.17) is 0 Å². The monoisotopic (exact) mass is 269 g/mol. The lowest BCUT2D eigenvalue weighted by Gasteiger charge is -2.20. The van der Waals surface area contributed by atoms with Gasteiger partial charge in [0.25, 0.3) is 11.8 Å². The van der Waals surface area contributed by atoms with Crippen LogP contribution >= 0.6 is 0 Å². The number of rotatable bonds is 2. The van der Waals surface area contributed by atoms with E-state index < -0.39 is 23.6 Å². The first-order valence-electron chi connectivity index (χ1n) is 6.40. The first kappa shape index (κ1) is 12.5. The maximum atomic E-state index is 13.6. The molecule has 0 bridgehead atoms. The average Bonchev–Trinajstić information content (AvgIpc) is 2.79. The zero-order chi connectivity index (χ0) is 13.8. The number of aryl methyl sites for hydroxylation is 1. The highest BCUT2D eigenvalue weighted by atomic mass is 19.3. The second-order valence-electron chi connectivity index (χ2n) is 5.26. The third-order valence-electron chi connectivity index (χ3n) is 4.17. The van der Waals surface area contributed by atoms with Gasteiger partial charge in [-0.25, -0.2) is 13.2 Å². The highest BCUT2D eigenvalue weighted by Gasteiger charge is 2.72. The molecule has 1 saturated heterocycles. The number of piperidine rings is 1. The second kappa shape index (κ2) is 3.99. The van der Waals surface area contributed by atoms with E-state index in [-0.39, 0.29) is 24.6 Å². The number of carbonyl (C=O) groups is 1. The van der Waals surface area contributed by atoms with Crippen molar-refractivity contribution in [3.63, 3.8) is 0 Å². The highest BCUT2D eigenvalue weighted by molar-refractivity contribution is 5.94. The van der Waals surface area contributed by atoms with E-state index in [1.165, 1.54) is 11.0 Å². The summed E-state index contributed by atoms with van der Waals surface area (Å²) in [5, 5.41) is 0. The Morgan fingerprint density at radius 1 is 1.37 bits per heavy atom. The first-order valence-corrected chi connectivity index (χ1v) is 6.40. The summed E-state index contributed by atoms with van der Waals surface area (Å²) < 4.78 is 39.7. The molecule has 1 amide bonds. The number of fused-ring (bicyclic) bond motifs is 1. The normalized spacial score (nSPS) is 27.3. The molecule has 5 heteroatoms. The second-order valence-corrected chi connectivity index (χ2v) is 5.26. The van der Waals surface area contributed by atoms with Crippen LogP contribution < -0.4 is 0 Å². The minimum absolute atomic E-state index is 0.0770. The Morgan fingerprint density at radius 3 is 2.53 bits per heavy atom. The molecule has 102 valence electrons. The molecular formula is C14H14F3NO. The predicted octanol–water partition coefficient (Wildman–Crippen LogP) is 2.73. The zero-order valence-corrected chi connectivity index (χ0v) is 10.5. The molecule has 19 heavy (non-hydrogen) atoms. The molecule has 2 nitrogen and oxygen atoms in total. The number of alkyl halides is 2. The molecule has 1 aromatic carbocycles. The summed E-state index contributed by atoms with van der Waals surface area (Å²) in [6, 6.07) is 4.34. The first-order chi connectivity index (χ1) is 8.95. The van der Waals surface area contributed by atoms with Gasteiger partial charge in [-0.15, -0.1) is 0 Å². The SMILES string of the molecule is CCc1ccc(C(=O)N2CC3C(C2)C3(F)F)cc1F. The van der Waals surface area contributed by atoms with E-state index in [1.807, 2.05) is 6.92 Å². The molecule has 3 rings (SSSR count). The van der Waals surface area contributed by atoms with Crippen molar-refractivity contribution in [2.45, 2.75) is 19.3 Å². The number of halogens is 3. The van der Waals surface area contributed by atoms with E-state index in [0.717, 1.165) is 0 Å². The smallest absolute Gasteiger partial charge is 0.258 e. The number of hydrogen-bond donors (Lipinski definition) is 0. The molecule has 0 radical (unpaired) electrons. The summed E-state index contributed by atoms with van der Waals surface area (Å²) in [5.41, 5.74) is 0.784. The predicted molar refractivity (Wildman–Crippen MR) is 63.6 cm³/mol. The summed E-state index contributed by atoms with van der Waals surface area (Å²) in [4.78, 5) is 13.5. The van der Waals surface area contributed by atoms with Gasteiger partial charge in [-0.2, -0.15) is 0 Å². The largest absolute Gasteiger partial charge is 0.338 e. The van der Waals surface area contributed by atoms with Crippen LogP contribution in [0.15, 0.2) is 18.2 Å². The van der Waals surface area contributed by atoms with Gasteiger partial charge < -0.3 is 4.90 Å². The Morgan fingerprint density at radius 2 is 2.00 bits per heavy atom. The molecule has 1 heterocycles. The van der Waals surface area contributed by atoms with Crippen molar-refractivity contribution in [3.8, 4) is 0 Å². The van der Waals surface area contributed by atoms with E-state index in [1.54, 1.807) is 12.1 Å². The van der Waals surface area contributed by atoms with Crippen molar-refractivity contribution in [2.75, 3.05) is 13.1 Å². The minimum atomic E-state index is -2.60. The van der Waals surface area contributed by atoms with Crippen LogP contribution in [0.3, 0.4) is 0 Å². The lowest BCUT2D eigenvalue weighted by Crippen LogP contribution is -2.33. The molecule has 2 fully saturated rings. The molecule has 0 spiro atoms. The summed E-state index contributed by atoms with van der Waals surface area (Å²) in [6.07, 6.45) is 0.556. The van der Waals surface area contributed by atoms with Gasteiger partial charge in [-0.3, -0.25) is 4.79 Å². The van der Waals surface area contributed by atoms with E-state index in [2.05, 4.69) is 0 Å². The molecule has 1 aliphatic heterocycles. The zero-order valence-electron chi connectivity index (χ0n) is 10.5. The summed E-state index contributed by atoms with van der Waals surface area (Å²) in [5.74, 6) is -4.77. The quantitative estimate of drug-likeness (QED) is 0.808. The number of benzene rings is 1. The van der Waals surface area contributed by atoms with Crippen molar-refractivity contribution in [2.24, 2.45) is 11.8 Å². The van der Waals surface area contributed by atoms with Crippen LogP contribution in [0.1, 0.15) is 22.8 Å². The van der Waals surface area contributed by atoms with Crippen LogP contribution in [0.4, 0.5) is 13.2 Å². The fourth-order valence-corrected chi connectivity index (χ4v) is 2.82. The van der Waals surface area contributed by atoms with Gasteiger partial charge in [-0.1, -0.05) is 13.0 Å². The molecule has 0 N–H and O–H groups in total. The summed E-state index contributed by atoms with van der Waals surface area (Å²) >= 11 is 0. The Kier molecular flexibility index (Phi) is 2.62. The van der Waals surface area contributed by atoms with E-state index >= 15 is 0 Å². The molecular weight excluding hydrogens is 255 g/mol.